The molecule has 0 saturated heterocycles. The average molecular weight is 234 g/mol. The molecule has 0 radical (unpaired) electrons. The van der Waals surface area contributed by atoms with Gasteiger partial charge in [-0.05, 0) is 25.5 Å². The molecule has 4 nitrogen and oxygen atoms in total. The monoisotopic (exact) mass is 234 g/mol. The highest BCUT2D eigenvalue weighted by atomic mass is 19.1. The van der Waals surface area contributed by atoms with E-state index < -0.39 is 0 Å². The van der Waals surface area contributed by atoms with Crippen molar-refractivity contribution < 1.29 is 4.39 Å². The molecule has 0 saturated carbocycles. The van der Waals surface area contributed by atoms with Crippen LogP contribution in [0.2, 0.25) is 0 Å². The summed E-state index contributed by atoms with van der Waals surface area (Å²) in [4.78, 5) is 4.08. The Morgan fingerprint density at radius 1 is 1.47 bits per heavy atom. The number of aromatic nitrogens is 3. The van der Waals surface area contributed by atoms with Crippen molar-refractivity contribution in [2.24, 2.45) is 0 Å². The van der Waals surface area contributed by atoms with E-state index in [-0.39, 0.29) is 11.9 Å². The molecular formula is C12H15FN4. The quantitative estimate of drug-likeness (QED) is 0.886. The van der Waals surface area contributed by atoms with Crippen molar-refractivity contribution in [3.8, 4) is 0 Å². The van der Waals surface area contributed by atoms with E-state index >= 15 is 0 Å². The third-order valence-corrected chi connectivity index (χ3v) is 2.66. The van der Waals surface area contributed by atoms with Crippen molar-refractivity contribution in [1.82, 2.24) is 14.8 Å². The Kier molecular flexibility index (Phi) is 3.08. The summed E-state index contributed by atoms with van der Waals surface area (Å²) in [5, 5.41) is 4.34. The van der Waals surface area contributed by atoms with Crippen LogP contribution in [0.25, 0.3) is 0 Å². The van der Waals surface area contributed by atoms with E-state index in [1.54, 1.807) is 10.7 Å². The Morgan fingerprint density at radius 3 is 2.71 bits per heavy atom. The zero-order valence-electron chi connectivity index (χ0n) is 9.89. The molecule has 2 aromatic rings. The highest BCUT2D eigenvalue weighted by Crippen LogP contribution is 2.23. The van der Waals surface area contributed by atoms with Crippen molar-refractivity contribution in [3.63, 3.8) is 0 Å². The van der Waals surface area contributed by atoms with Crippen LogP contribution in [0.15, 0.2) is 24.4 Å². The fourth-order valence-electron chi connectivity index (χ4n) is 1.88. The van der Waals surface area contributed by atoms with Crippen LogP contribution >= 0.6 is 0 Å². The Labute approximate surface area is 99.3 Å². The minimum absolute atomic E-state index is 0.0516. The molecule has 0 spiro atoms. The molecule has 0 amide bonds. The molecule has 1 unspecified atom stereocenters. The van der Waals surface area contributed by atoms with Crippen molar-refractivity contribution in [2.45, 2.75) is 26.3 Å². The Hall–Kier alpha value is -1.91. The lowest BCUT2D eigenvalue weighted by molar-refractivity contribution is 0.499. The molecule has 0 aliphatic carbocycles. The molecule has 0 aliphatic rings. The fourth-order valence-corrected chi connectivity index (χ4v) is 1.88. The van der Waals surface area contributed by atoms with E-state index in [0.29, 0.717) is 5.82 Å². The van der Waals surface area contributed by atoms with Crippen LogP contribution in [-0.2, 0) is 0 Å². The third-order valence-electron chi connectivity index (χ3n) is 2.66. The molecule has 0 aliphatic heterocycles. The van der Waals surface area contributed by atoms with Gasteiger partial charge in [0.1, 0.15) is 11.6 Å². The first-order valence-electron chi connectivity index (χ1n) is 5.55. The van der Waals surface area contributed by atoms with Gasteiger partial charge in [-0.1, -0.05) is 6.92 Å². The van der Waals surface area contributed by atoms with Crippen LogP contribution in [0.5, 0.6) is 0 Å². The number of hydrogen-bond donors (Lipinski definition) is 1. The smallest absolute Gasteiger partial charge is 0.141 e. The van der Waals surface area contributed by atoms with Crippen molar-refractivity contribution >= 4 is 5.82 Å². The van der Waals surface area contributed by atoms with Gasteiger partial charge in [0.15, 0.2) is 0 Å². The zero-order valence-corrected chi connectivity index (χ0v) is 9.89. The molecule has 1 atom stereocenters. The molecule has 2 rings (SSSR count). The zero-order chi connectivity index (χ0) is 12.4. The summed E-state index contributed by atoms with van der Waals surface area (Å²) < 4.78 is 14.6. The fraction of sp³-hybridized carbons (Fsp3) is 0.333. The first kappa shape index (κ1) is 11.6. The standard InChI is InChI=1S/C12H15FN4/c1-3-11(10-5-4-9(13)7-15-10)17-12(14)6-8(2)16-17/h4-7,11H,3,14H2,1-2H3. The van der Waals surface area contributed by atoms with Crippen molar-refractivity contribution in [1.29, 1.82) is 0 Å². The number of pyridine rings is 1. The normalized spacial score (nSPS) is 12.6. The van der Waals surface area contributed by atoms with Crippen LogP contribution in [0.4, 0.5) is 10.2 Å². The number of rotatable bonds is 3. The second kappa shape index (κ2) is 4.53. The second-order valence-electron chi connectivity index (χ2n) is 3.98. The largest absolute Gasteiger partial charge is 0.384 e. The van der Waals surface area contributed by atoms with Crippen LogP contribution in [0, 0.1) is 12.7 Å². The van der Waals surface area contributed by atoms with Crippen LogP contribution in [-0.4, -0.2) is 14.8 Å². The lowest BCUT2D eigenvalue weighted by Crippen LogP contribution is -2.15. The van der Waals surface area contributed by atoms with E-state index in [0.717, 1.165) is 17.8 Å². The maximum atomic E-state index is 12.8. The number of aryl methyl sites for hydroxylation is 1. The maximum absolute atomic E-state index is 12.8. The lowest BCUT2D eigenvalue weighted by Gasteiger charge is -2.16. The van der Waals surface area contributed by atoms with Gasteiger partial charge >= 0.3 is 0 Å². The molecule has 0 fully saturated rings. The summed E-state index contributed by atoms with van der Waals surface area (Å²) >= 11 is 0. The first-order chi connectivity index (χ1) is 8.11. The molecule has 90 valence electrons. The molecule has 2 aromatic heterocycles. The Bertz CT molecular complexity index is 504. The van der Waals surface area contributed by atoms with E-state index in [4.69, 9.17) is 5.73 Å². The van der Waals surface area contributed by atoms with Gasteiger partial charge in [-0.3, -0.25) is 4.98 Å². The Balaban J connectivity index is 2.39. The number of halogens is 1. The van der Waals surface area contributed by atoms with E-state index in [9.17, 15) is 4.39 Å². The minimum atomic E-state index is -0.340. The van der Waals surface area contributed by atoms with Crippen LogP contribution < -0.4 is 5.73 Å². The first-order valence-corrected chi connectivity index (χ1v) is 5.55. The minimum Gasteiger partial charge on any atom is -0.384 e. The molecule has 0 bridgehead atoms. The van der Waals surface area contributed by atoms with E-state index in [1.165, 1.54) is 12.3 Å². The number of nitrogen functional groups attached to an aromatic ring is 1. The maximum Gasteiger partial charge on any atom is 0.141 e. The summed E-state index contributed by atoms with van der Waals surface area (Å²) in [6.07, 6.45) is 2.01. The number of nitrogens with two attached hydrogens (primary N) is 1. The number of anilines is 1. The topological polar surface area (TPSA) is 56.7 Å². The van der Waals surface area contributed by atoms with Crippen molar-refractivity contribution in [3.05, 3.63) is 41.6 Å². The number of nitrogens with zero attached hydrogens (tertiary/aromatic N) is 3. The predicted octanol–water partition coefficient (Wildman–Crippen LogP) is 2.31. The summed E-state index contributed by atoms with van der Waals surface area (Å²) in [6, 6.07) is 4.83. The summed E-state index contributed by atoms with van der Waals surface area (Å²) in [5.74, 6) is 0.258. The van der Waals surface area contributed by atoms with Gasteiger partial charge in [0.25, 0.3) is 0 Å². The van der Waals surface area contributed by atoms with Gasteiger partial charge < -0.3 is 5.73 Å². The Morgan fingerprint density at radius 2 is 2.24 bits per heavy atom. The molecule has 0 aromatic carbocycles. The van der Waals surface area contributed by atoms with Gasteiger partial charge in [0.2, 0.25) is 0 Å². The third kappa shape index (κ3) is 2.27. The molecule has 5 heteroatoms. The van der Waals surface area contributed by atoms with E-state index in [2.05, 4.69) is 10.1 Å². The van der Waals surface area contributed by atoms with Gasteiger partial charge in [0.05, 0.1) is 23.6 Å². The van der Waals surface area contributed by atoms with E-state index in [1.807, 2.05) is 19.9 Å². The van der Waals surface area contributed by atoms with Crippen molar-refractivity contribution in [2.75, 3.05) is 5.73 Å². The molecule has 2 heterocycles. The average Bonchev–Trinajstić information content (AvgIpc) is 2.62. The lowest BCUT2D eigenvalue weighted by atomic mass is 10.1. The van der Waals surface area contributed by atoms with Gasteiger partial charge in [-0.25, -0.2) is 9.07 Å². The summed E-state index contributed by atoms with van der Waals surface area (Å²) in [6.45, 7) is 3.91. The van der Waals surface area contributed by atoms with Crippen LogP contribution in [0.1, 0.15) is 30.8 Å². The second-order valence-corrected chi connectivity index (χ2v) is 3.98. The molecular weight excluding hydrogens is 219 g/mol. The van der Waals surface area contributed by atoms with Crippen LogP contribution in [0.3, 0.4) is 0 Å². The highest BCUT2D eigenvalue weighted by Gasteiger charge is 2.16. The molecule has 2 N–H and O–H groups in total. The number of hydrogen-bond acceptors (Lipinski definition) is 3. The van der Waals surface area contributed by atoms with Gasteiger partial charge in [0, 0.05) is 6.07 Å². The summed E-state index contributed by atoms with van der Waals surface area (Å²) in [5.41, 5.74) is 7.51. The summed E-state index contributed by atoms with van der Waals surface area (Å²) in [7, 11) is 0. The SMILES string of the molecule is CCC(c1ccc(F)cn1)n1nc(C)cc1N. The van der Waals surface area contributed by atoms with Gasteiger partial charge in [-0.15, -0.1) is 0 Å². The predicted molar refractivity (Wildman–Crippen MR) is 64.0 cm³/mol. The highest BCUT2D eigenvalue weighted by molar-refractivity contribution is 5.32. The van der Waals surface area contributed by atoms with Gasteiger partial charge in [-0.2, -0.15) is 5.10 Å². The molecule has 17 heavy (non-hydrogen) atoms.